The zero-order valence-electron chi connectivity index (χ0n) is 11.1. The molecular weight excluding hydrogens is 230 g/mol. The molecule has 0 saturated carbocycles. The summed E-state index contributed by atoms with van der Waals surface area (Å²) in [4.78, 5) is 14.1. The van der Waals surface area contributed by atoms with Crippen molar-refractivity contribution in [1.82, 2.24) is 4.90 Å². The first-order valence-electron chi connectivity index (χ1n) is 6.38. The van der Waals surface area contributed by atoms with Gasteiger partial charge in [0.15, 0.2) is 11.5 Å². The molecule has 2 rings (SSSR count). The van der Waals surface area contributed by atoms with Crippen LogP contribution in [0, 0.1) is 0 Å². The zero-order valence-corrected chi connectivity index (χ0v) is 11.1. The van der Waals surface area contributed by atoms with E-state index < -0.39 is 6.10 Å². The maximum atomic E-state index is 12.3. The van der Waals surface area contributed by atoms with E-state index in [1.54, 1.807) is 4.90 Å². The summed E-state index contributed by atoms with van der Waals surface area (Å²) in [6, 6.07) is 7.44. The lowest BCUT2D eigenvalue weighted by atomic mass is 10.1. The molecule has 0 N–H and O–H groups in total. The molecule has 0 aromatic heterocycles. The van der Waals surface area contributed by atoms with Crippen LogP contribution in [-0.4, -0.2) is 36.1 Å². The second kappa shape index (κ2) is 5.29. The van der Waals surface area contributed by atoms with E-state index in [-0.39, 0.29) is 12.0 Å². The minimum absolute atomic E-state index is 0.0120. The van der Waals surface area contributed by atoms with Gasteiger partial charge in [0.05, 0.1) is 0 Å². The van der Waals surface area contributed by atoms with Gasteiger partial charge < -0.3 is 14.4 Å². The van der Waals surface area contributed by atoms with Crippen LogP contribution in [0.5, 0.6) is 11.5 Å². The molecule has 0 aliphatic carbocycles. The van der Waals surface area contributed by atoms with Gasteiger partial charge in [0.2, 0.25) is 6.10 Å². The van der Waals surface area contributed by atoms with Crippen LogP contribution in [0.1, 0.15) is 20.8 Å². The van der Waals surface area contributed by atoms with Crippen LogP contribution in [0.4, 0.5) is 0 Å². The predicted molar refractivity (Wildman–Crippen MR) is 68.9 cm³/mol. The third kappa shape index (κ3) is 2.28. The largest absolute Gasteiger partial charge is 0.482 e. The number of carbonyl (C=O) groups is 1. The van der Waals surface area contributed by atoms with Crippen molar-refractivity contribution in [3.8, 4) is 11.5 Å². The summed E-state index contributed by atoms with van der Waals surface area (Å²) < 4.78 is 11.5. The number of para-hydroxylation sites is 2. The fraction of sp³-hybridized carbons (Fsp3) is 0.500. The van der Waals surface area contributed by atoms with Gasteiger partial charge in [0, 0.05) is 13.1 Å². The van der Waals surface area contributed by atoms with Crippen LogP contribution in [0.15, 0.2) is 24.3 Å². The molecule has 0 saturated heterocycles. The van der Waals surface area contributed by atoms with Gasteiger partial charge in [-0.15, -0.1) is 0 Å². The van der Waals surface area contributed by atoms with Gasteiger partial charge in [-0.3, -0.25) is 4.79 Å². The van der Waals surface area contributed by atoms with Crippen molar-refractivity contribution in [2.75, 3.05) is 13.1 Å². The average molecular weight is 249 g/mol. The Balaban J connectivity index is 2.19. The summed E-state index contributed by atoms with van der Waals surface area (Å²) in [6.45, 7) is 7.16. The number of rotatable bonds is 3. The highest BCUT2D eigenvalue weighted by Gasteiger charge is 2.35. The third-order valence-electron chi connectivity index (χ3n) is 3.16. The molecule has 4 nitrogen and oxygen atoms in total. The van der Waals surface area contributed by atoms with Crippen molar-refractivity contribution < 1.29 is 14.3 Å². The highest BCUT2D eigenvalue weighted by Crippen LogP contribution is 2.33. The van der Waals surface area contributed by atoms with Gasteiger partial charge in [0.25, 0.3) is 5.91 Å². The summed E-state index contributed by atoms with van der Waals surface area (Å²) in [5.41, 5.74) is 0. The highest BCUT2D eigenvalue weighted by atomic mass is 16.6. The van der Waals surface area contributed by atoms with Crippen LogP contribution < -0.4 is 9.47 Å². The van der Waals surface area contributed by atoms with E-state index in [0.717, 1.165) is 0 Å². The molecule has 1 aromatic carbocycles. The van der Waals surface area contributed by atoms with Crippen LogP contribution in [0.3, 0.4) is 0 Å². The standard InChI is InChI=1S/C14H19NO3/c1-4-15(5-2)14(16)13-10(3)17-11-8-6-7-9-12(11)18-13/h6-10,13H,4-5H2,1-3H3. The van der Waals surface area contributed by atoms with E-state index in [0.29, 0.717) is 24.6 Å². The van der Waals surface area contributed by atoms with Gasteiger partial charge in [-0.1, -0.05) is 12.1 Å². The molecule has 0 fully saturated rings. The topological polar surface area (TPSA) is 38.8 Å². The highest BCUT2D eigenvalue weighted by molar-refractivity contribution is 5.82. The number of fused-ring (bicyclic) bond motifs is 1. The number of amides is 1. The van der Waals surface area contributed by atoms with Crippen LogP contribution in [0.25, 0.3) is 0 Å². The molecule has 0 spiro atoms. The monoisotopic (exact) mass is 249 g/mol. The Kier molecular flexibility index (Phi) is 3.75. The average Bonchev–Trinajstić information content (AvgIpc) is 2.39. The van der Waals surface area contributed by atoms with Crippen LogP contribution in [0.2, 0.25) is 0 Å². The Bertz CT molecular complexity index is 429. The molecule has 1 amide bonds. The van der Waals surface area contributed by atoms with E-state index >= 15 is 0 Å². The lowest BCUT2D eigenvalue weighted by molar-refractivity contribution is -0.143. The summed E-state index contributed by atoms with van der Waals surface area (Å²) in [7, 11) is 0. The quantitative estimate of drug-likeness (QED) is 0.823. The number of carbonyl (C=O) groups excluding carboxylic acids is 1. The molecule has 18 heavy (non-hydrogen) atoms. The van der Waals surface area contributed by atoms with Crippen molar-refractivity contribution in [1.29, 1.82) is 0 Å². The molecule has 98 valence electrons. The molecule has 1 aliphatic heterocycles. The fourth-order valence-electron chi connectivity index (χ4n) is 2.11. The molecule has 4 heteroatoms. The second-order valence-electron chi connectivity index (χ2n) is 4.32. The first-order chi connectivity index (χ1) is 8.67. The van der Waals surface area contributed by atoms with Gasteiger partial charge in [-0.05, 0) is 32.9 Å². The Morgan fingerprint density at radius 3 is 2.28 bits per heavy atom. The SMILES string of the molecule is CCN(CC)C(=O)C1Oc2ccccc2OC1C. The van der Waals surface area contributed by atoms with E-state index in [4.69, 9.17) is 9.47 Å². The molecule has 1 aromatic rings. The number of hydrogen-bond acceptors (Lipinski definition) is 3. The lowest BCUT2D eigenvalue weighted by Gasteiger charge is -2.33. The predicted octanol–water partition coefficient (Wildman–Crippen LogP) is 2.08. The van der Waals surface area contributed by atoms with Crippen LogP contribution in [-0.2, 0) is 4.79 Å². The summed E-state index contributed by atoms with van der Waals surface area (Å²) in [5, 5.41) is 0. The Labute approximate surface area is 107 Å². The molecular formula is C14H19NO3. The van der Waals surface area contributed by atoms with Crippen molar-refractivity contribution in [2.24, 2.45) is 0 Å². The number of ether oxygens (including phenoxy) is 2. The van der Waals surface area contributed by atoms with E-state index in [9.17, 15) is 4.79 Å². The lowest BCUT2D eigenvalue weighted by Crippen LogP contribution is -2.50. The van der Waals surface area contributed by atoms with E-state index in [2.05, 4.69) is 0 Å². The Hall–Kier alpha value is -1.71. The zero-order chi connectivity index (χ0) is 13.1. The number of hydrogen-bond donors (Lipinski definition) is 0. The maximum Gasteiger partial charge on any atom is 0.267 e. The smallest absolute Gasteiger partial charge is 0.267 e. The normalized spacial score (nSPS) is 21.5. The minimum Gasteiger partial charge on any atom is -0.482 e. The first-order valence-corrected chi connectivity index (χ1v) is 6.38. The van der Waals surface area contributed by atoms with Gasteiger partial charge >= 0.3 is 0 Å². The molecule has 0 radical (unpaired) electrons. The molecule has 2 unspecified atom stereocenters. The first kappa shape index (κ1) is 12.7. The number of benzene rings is 1. The Morgan fingerprint density at radius 2 is 1.72 bits per heavy atom. The van der Waals surface area contributed by atoms with Gasteiger partial charge in [-0.25, -0.2) is 0 Å². The molecule has 1 heterocycles. The summed E-state index contributed by atoms with van der Waals surface area (Å²) in [6.07, 6.45) is -0.826. The maximum absolute atomic E-state index is 12.3. The van der Waals surface area contributed by atoms with Crippen molar-refractivity contribution in [3.63, 3.8) is 0 Å². The Morgan fingerprint density at radius 1 is 1.17 bits per heavy atom. The molecule has 0 bridgehead atoms. The van der Waals surface area contributed by atoms with E-state index in [1.165, 1.54) is 0 Å². The summed E-state index contributed by atoms with van der Waals surface area (Å²) >= 11 is 0. The van der Waals surface area contributed by atoms with Gasteiger partial charge in [0.1, 0.15) is 6.10 Å². The fourth-order valence-corrected chi connectivity index (χ4v) is 2.11. The van der Waals surface area contributed by atoms with Crippen molar-refractivity contribution in [2.45, 2.75) is 33.0 Å². The number of nitrogens with zero attached hydrogens (tertiary/aromatic N) is 1. The van der Waals surface area contributed by atoms with Crippen molar-refractivity contribution >= 4 is 5.91 Å². The molecule has 2 atom stereocenters. The van der Waals surface area contributed by atoms with Gasteiger partial charge in [-0.2, -0.15) is 0 Å². The summed E-state index contributed by atoms with van der Waals surface area (Å²) in [5.74, 6) is 1.33. The van der Waals surface area contributed by atoms with Crippen molar-refractivity contribution in [3.05, 3.63) is 24.3 Å². The second-order valence-corrected chi connectivity index (χ2v) is 4.32. The third-order valence-corrected chi connectivity index (χ3v) is 3.16. The molecule has 1 aliphatic rings. The minimum atomic E-state index is -0.556. The van der Waals surface area contributed by atoms with Crippen LogP contribution >= 0.6 is 0 Å². The van der Waals surface area contributed by atoms with E-state index in [1.807, 2.05) is 45.0 Å². The number of likely N-dealkylation sites (N-methyl/N-ethyl adjacent to an activating group) is 1.